The van der Waals surface area contributed by atoms with E-state index in [2.05, 4.69) is 24.9 Å². The number of nitrogens with one attached hydrogen (secondary N) is 3. The minimum absolute atomic E-state index is 0.0620. The Hall–Kier alpha value is -3.21. The molecule has 3 atom stereocenters. The average molecular weight is 496 g/mol. The molecule has 1 fully saturated rings. The summed E-state index contributed by atoms with van der Waals surface area (Å²) in [6.45, 7) is 1.87. The van der Waals surface area contributed by atoms with Crippen molar-refractivity contribution in [3.05, 3.63) is 71.5 Å². The highest BCUT2D eigenvalue weighted by atomic mass is 32.2. The fourth-order valence-corrected chi connectivity index (χ4v) is 6.40. The van der Waals surface area contributed by atoms with Crippen LogP contribution in [0.3, 0.4) is 0 Å². The number of aromatic nitrogens is 2. The lowest BCUT2D eigenvalue weighted by Gasteiger charge is -2.31. The largest absolute Gasteiger partial charge is 0.392 e. The number of amides is 1. The Labute approximate surface area is 204 Å². The number of H-pyrrole nitrogens is 1. The fourth-order valence-electron chi connectivity index (χ4n) is 5.14. The molecule has 10 heteroatoms. The summed E-state index contributed by atoms with van der Waals surface area (Å²) in [5.74, 6) is -0.288. The Balaban J connectivity index is 1.58. The van der Waals surface area contributed by atoms with Crippen molar-refractivity contribution >= 4 is 21.6 Å². The van der Waals surface area contributed by atoms with Crippen LogP contribution in [0.2, 0.25) is 0 Å². The highest BCUT2D eigenvalue weighted by molar-refractivity contribution is 7.92. The summed E-state index contributed by atoms with van der Waals surface area (Å²) >= 11 is 0. The molecule has 1 unspecified atom stereocenters. The molecule has 1 amide bonds. The minimum atomic E-state index is -3.40. The van der Waals surface area contributed by atoms with E-state index in [1.54, 1.807) is 31.6 Å². The first-order chi connectivity index (χ1) is 16.8. The topological polar surface area (TPSA) is 127 Å². The van der Waals surface area contributed by atoms with Crippen LogP contribution in [0.1, 0.15) is 34.9 Å². The van der Waals surface area contributed by atoms with Gasteiger partial charge in [0.05, 0.1) is 23.5 Å². The van der Waals surface area contributed by atoms with Gasteiger partial charge < -0.3 is 20.3 Å². The van der Waals surface area contributed by atoms with Gasteiger partial charge in [-0.3, -0.25) is 9.52 Å². The van der Waals surface area contributed by atoms with E-state index in [0.717, 1.165) is 29.1 Å². The van der Waals surface area contributed by atoms with E-state index in [9.17, 15) is 18.3 Å². The maximum Gasteiger partial charge on any atom is 0.237 e. The van der Waals surface area contributed by atoms with Gasteiger partial charge in [-0.05, 0) is 35.2 Å². The van der Waals surface area contributed by atoms with Crippen molar-refractivity contribution in [2.24, 2.45) is 0 Å². The van der Waals surface area contributed by atoms with E-state index in [-0.39, 0.29) is 23.7 Å². The third-order valence-corrected chi connectivity index (χ3v) is 8.05. The lowest BCUT2D eigenvalue weighted by molar-refractivity contribution is -0.122. The Morgan fingerprint density at radius 3 is 2.83 bits per heavy atom. The van der Waals surface area contributed by atoms with Crippen molar-refractivity contribution in [1.29, 1.82) is 0 Å². The fraction of sp³-hybridized carbons (Fsp3) is 0.360. The zero-order valence-corrected chi connectivity index (χ0v) is 20.3. The monoisotopic (exact) mass is 495 g/mol. The number of nitrogens with zero attached hydrogens (tertiary/aromatic N) is 2. The van der Waals surface area contributed by atoms with Gasteiger partial charge in [-0.15, -0.1) is 0 Å². The molecule has 184 valence electrons. The first-order valence-electron chi connectivity index (χ1n) is 11.7. The van der Waals surface area contributed by atoms with Crippen LogP contribution in [0.15, 0.2) is 54.9 Å². The number of carbonyl (C=O) groups excluding carboxylic acids is 1. The van der Waals surface area contributed by atoms with Gasteiger partial charge in [0.25, 0.3) is 0 Å². The summed E-state index contributed by atoms with van der Waals surface area (Å²) in [5.41, 5.74) is 3.84. The smallest absolute Gasteiger partial charge is 0.237 e. The standard InChI is InChI=1S/C25H29N5O4S/c1-26-25(32)23(17-5-6-19-15-35(33,34)29-22(19)12-17)21(14-30-10-7-20(31)13-30)16-3-2-4-18(11-16)24-27-8-9-28-24/h2-6,8-9,11-12,20-21,23,29,31H,7,10,13-15H2,1H3,(H,26,32)(H,27,28)/t20-,21+,23?/m0/s1. The van der Waals surface area contributed by atoms with Gasteiger partial charge in [-0.1, -0.05) is 30.3 Å². The van der Waals surface area contributed by atoms with Crippen LogP contribution in [0.4, 0.5) is 5.69 Å². The summed E-state index contributed by atoms with van der Waals surface area (Å²) in [5, 5.41) is 12.9. The van der Waals surface area contributed by atoms with Crippen molar-refractivity contribution in [3.8, 4) is 11.4 Å². The molecule has 3 aromatic rings. The Kier molecular flexibility index (Phi) is 6.35. The van der Waals surface area contributed by atoms with Gasteiger partial charge in [0.1, 0.15) is 5.82 Å². The van der Waals surface area contributed by atoms with Crippen LogP contribution >= 0.6 is 0 Å². The SMILES string of the molecule is CNC(=O)C(c1ccc2c(c1)NS(=O)(=O)C2)[C@H](CN1CC[C@H](O)C1)c1cccc(-c2ncc[nH]2)c1. The van der Waals surface area contributed by atoms with Crippen LogP contribution in [0.25, 0.3) is 11.4 Å². The normalized spacial score (nSPS) is 20.7. The molecule has 35 heavy (non-hydrogen) atoms. The number of aliphatic hydroxyl groups is 1. The molecule has 3 heterocycles. The number of anilines is 1. The Bertz CT molecular complexity index is 1330. The van der Waals surface area contributed by atoms with Gasteiger partial charge in [-0.2, -0.15) is 0 Å². The van der Waals surface area contributed by atoms with E-state index in [1.165, 1.54) is 0 Å². The van der Waals surface area contributed by atoms with E-state index in [0.29, 0.717) is 30.8 Å². The van der Waals surface area contributed by atoms with Gasteiger partial charge in [0.2, 0.25) is 15.9 Å². The zero-order chi connectivity index (χ0) is 24.6. The van der Waals surface area contributed by atoms with Crippen molar-refractivity contribution in [1.82, 2.24) is 20.2 Å². The van der Waals surface area contributed by atoms with Gasteiger partial charge in [-0.25, -0.2) is 13.4 Å². The minimum Gasteiger partial charge on any atom is -0.392 e. The molecule has 0 spiro atoms. The highest BCUT2D eigenvalue weighted by Gasteiger charge is 2.35. The second-order valence-corrected chi connectivity index (χ2v) is 11.0. The molecule has 0 aliphatic carbocycles. The van der Waals surface area contributed by atoms with Crippen molar-refractivity contribution < 1.29 is 18.3 Å². The molecule has 1 saturated heterocycles. The molecular formula is C25H29N5O4S. The number of aliphatic hydroxyl groups excluding tert-OH is 1. The molecule has 2 aliphatic rings. The summed E-state index contributed by atoms with van der Waals surface area (Å²) in [4.78, 5) is 23.0. The maximum absolute atomic E-state index is 13.4. The summed E-state index contributed by atoms with van der Waals surface area (Å²) in [7, 11) is -1.79. The van der Waals surface area contributed by atoms with E-state index < -0.39 is 15.9 Å². The van der Waals surface area contributed by atoms with Crippen LogP contribution in [-0.2, 0) is 20.6 Å². The molecule has 1 aromatic heterocycles. The average Bonchev–Trinajstić information content (AvgIpc) is 3.57. The predicted octanol–water partition coefficient (Wildman–Crippen LogP) is 2.01. The van der Waals surface area contributed by atoms with Gasteiger partial charge >= 0.3 is 0 Å². The van der Waals surface area contributed by atoms with Gasteiger partial charge in [0, 0.05) is 50.6 Å². The number of aromatic amines is 1. The third kappa shape index (κ3) is 4.95. The Morgan fingerprint density at radius 1 is 1.26 bits per heavy atom. The number of hydrogen-bond donors (Lipinski definition) is 4. The summed E-state index contributed by atoms with van der Waals surface area (Å²) < 4.78 is 26.8. The van der Waals surface area contributed by atoms with E-state index in [4.69, 9.17) is 0 Å². The maximum atomic E-state index is 13.4. The number of rotatable bonds is 7. The summed E-state index contributed by atoms with van der Waals surface area (Å²) in [6.07, 6.45) is 3.79. The van der Waals surface area contributed by atoms with Crippen molar-refractivity contribution in [3.63, 3.8) is 0 Å². The molecular weight excluding hydrogens is 466 g/mol. The first-order valence-corrected chi connectivity index (χ1v) is 13.3. The molecule has 2 aromatic carbocycles. The van der Waals surface area contributed by atoms with E-state index >= 15 is 0 Å². The van der Waals surface area contributed by atoms with Crippen molar-refractivity contribution in [2.75, 3.05) is 31.4 Å². The summed E-state index contributed by atoms with van der Waals surface area (Å²) in [6, 6.07) is 13.4. The molecule has 0 saturated carbocycles. The number of benzene rings is 2. The molecule has 2 aliphatic heterocycles. The number of likely N-dealkylation sites (N-methyl/N-ethyl adjacent to an activating group) is 1. The van der Waals surface area contributed by atoms with Crippen LogP contribution in [0, 0.1) is 0 Å². The number of fused-ring (bicyclic) bond motifs is 1. The molecule has 5 rings (SSSR count). The van der Waals surface area contributed by atoms with Crippen LogP contribution in [-0.4, -0.2) is 67.1 Å². The lowest BCUT2D eigenvalue weighted by Crippen LogP contribution is -2.36. The zero-order valence-electron chi connectivity index (χ0n) is 19.4. The quantitative estimate of drug-likeness (QED) is 0.397. The molecule has 4 N–H and O–H groups in total. The van der Waals surface area contributed by atoms with E-state index in [1.807, 2.05) is 30.3 Å². The number of imidazole rings is 1. The number of β-amino-alcohol motifs (C(OH)–C–C–N with tert-alkyl or cyclic N) is 1. The molecule has 9 nitrogen and oxygen atoms in total. The third-order valence-electron chi connectivity index (χ3n) is 6.82. The van der Waals surface area contributed by atoms with Gasteiger partial charge in [0.15, 0.2) is 0 Å². The number of sulfonamides is 1. The second kappa shape index (κ2) is 9.44. The molecule has 0 radical (unpaired) electrons. The second-order valence-electron chi connectivity index (χ2n) is 9.24. The van der Waals surface area contributed by atoms with Crippen LogP contribution < -0.4 is 10.0 Å². The number of hydrogen-bond acceptors (Lipinski definition) is 6. The predicted molar refractivity (Wildman–Crippen MR) is 133 cm³/mol. The van der Waals surface area contributed by atoms with Crippen molar-refractivity contribution in [2.45, 2.75) is 30.1 Å². The lowest BCUT2D eigenvalue weighted by atomic mass is 9.79. The highest BCUT2D eigenvalue weighted by Crippen LogP contribution is 2.39. The molecule has 0 bridgehead atoms. The Morgan fingerprint density at radius 2 is 2.11 bits per heavy atom. The first kappa shape index (κ1) is 23.5. The number of likely N-dealkylation sites (tertiary alicyclic amines) is 1. The van der Waals surface area contributed by atoms with Crippen LogP contribution in [0.5, 0.6) is 0 Å². The number of carbonyl (C=O) groups is 1.